The van der Waals surface area contributed by atoms with E-state index in [1.165, 1.54) is 0 Å². The van der Waals surface area contributed by atoms with Crippen molar-refractivity contribution in [2.45, 2.75) is 88.4 Å². The van der Waals surface area contributed by atoms with E-state index in [1.54, 1.807) is 26.3 Å². The summed E-state index contributed by atoms with van der Waals surface area (Å²) in [7, 11) is 1.75. The number of fused-ring (bicyclic) bond motifs is 1. The van der Waals surface area contributed by atoms with Crippen molar-refractivity contribution in [3.63, 3.8) is 0 Å². The highest BCUT2D eigenvalue weighted by molar-refractivity contribution is 5.93. The largest absolute Gasteiger partial charge is 0.485 e. The zero-order valence-electron chi connectivity index (χ0n) is 24.9. The van der Waals surface area contributed by atoms with Gasteiger partial charge in [-0.3, -0.25) is 9.59 Å². The zero-order chi connectivity index (χ0) is 31.6. The standard InChI is InChI=1S/C30H42N2O12/c1-3-40-19(33)7-6-15-12-16-17(18-13-32-29(39)30(18)8-4-5-9-30)14-42-24(16)26(41-11-10-31-2)23(15)43-28-22(36)20(34)21(35)25(44-28)27(37)38/h12,14,18,20-22,25,27-28,31,34-38H,3-11,13H2,1-2H3,(H,32,39). The van der Waals surface area contributed by atoms with Crippen LogP contribution in [0.15, 0.2) is 16.7 Å². The van der Waals surface area contributed by atoms with Crippen LogP contribution in [0, 0.1) is 5.41 Å². The first-order valence-corrected chi connectivity index (χ1v) is 15.1. The molecule has 2 aliphatic heterocycles. The molecular formula is C30H42N2O12. The molecule has 3 fully saturated rings. The fourth-order valence-corrected chi connectivity index (χ4v) is 6.68. The number of aliphatic hydroxyl groups is 5. The number of aryl methyl sites for hydroxylation is 1. The van der Waals surface area contributed by atoms with Crippen LogP contribution in [-0.2, 0) is 25.5 Å². The lowest BCUT2D eigenvalue weighted by molar-refractivity contribution is -0.310. The number of aliphatic hydroxyl groups excluding tert-OH is 4. The van der Waals surface area contributed by atoms with Gasteiger partial charge in [0.1, 0.15) is 31.0 Å². The van der Waals surface area contributed by atoms with Crippen molar-refractivity contribution < 1.29 is 58.5 Å². The molecule has 7 N–H and O–H groups in total. The number of amides is 1. The van der Waals surface area contributed by atoms with E-state index in [0.29, 0.717) is 29.6 Å². The molecule has 0 bridgehead atoms. The number of furan rings is 1. The Labute approximate surface area is 254 Å². The SMILES string of the molecule is CCOC(=O)CCc1cc2c(C3CNC(=O)C34CCCC4)coc2c(OCCNC)c1OC1OC(C(O)O)C(O)C(O)C1O. The van der Waals surface area contributed by atoms with Gasteiger partial charge in [0.2, 0.25) is 17.9 Å². The Morgan fingerprint density at radius 3 is 2.59 bits per heavy atom. The Morgan fingerprint density at radius 2 is 1.91 bits per heavy atom. The van der Waals surface area contributed by atoms with E-state index in [2.05, 4.69) is 10.6 Å². The molecule has 1 aliphatic carbocycles. The number of ether oxygens (including phenoxy) is 4. The second-order valence-electron chi connectivity index (χ2n) is 11.6. The molecule has 14 nitrogen and oxygen atoms in total. The summed E-state index contributed by atoms with van der Waals surface area (Å²) in [6.07, 6.45) is -5.83. The van der Waals surface area contributed by atoms with Crippen LogP contribution in [0.3, 0.4) is 0 Å². The molecule has 44 heavy (non-hydrogen) atoms. The van der Waals surface area contributed by atoms with Crippen molar-refractivity contribution in [1.82, 2.24) is 10.6 Å². The van der Waals surface area contributed by atoms with E-state index >= 15 is 0 Å². The normalized spacial score (nSPS) is 28.1. The van der Waals surface area contributed by atoms with Gasteiger partial charge in [-0.1, -0.05) is 12.8 Å². The molecule has 0 radical (unpaired) electrons. The third-order valence-corrected chi connectivity index (χ3v) is 8.98. The lowest BCUT2D eigenvalue weighted by atomic mass is 9.72. The molecule has 1 aromatic carbocycles. The number of esters is 1. The molecule has 6 atom stereocenters. The summed E-state index contributed by atoms with van der Waals surface area (Å²) in [6.45, 7) is 2.96. The first-order chi connectivity index (χ1) is 21.1. The molecule has 244 valence electrons. The third-order valence-electron chi connectivity index (χ3n) is 8.98. The first-order valence-electron chi connectivity index (χ1n) is 15.1. The molecule has 2 saturated heterocycles. The minimum Gasteiger partial charge on any atom is -0.485 e. The van der Waals surface area contributed by atoms with Crippen molar-refractivity contribution in [2.75, 3.05) is 33.4 Å². The average molecular weight is 623 g/mol. The van der Waals surface area contributed by atoms with Gasteiger partial charge in [-0.2, -0.15) is 0 Å². The van der Waals surface area contributed by atoms with Crippen LogP contribution >= 0.6 is 0 Å². The fourth-order valence-electron chi connectivity index (χ4n) is 6.68. The van der Waals surface area contributed by atoms with Gasteiger partial charge in [-0.15, -0.1) is 0 Å². The number of benzene rings is 1. The van der Waals surface area contributed by atoms with E-state index in [4.69, 9.17) is 23.4 Å². The van der Waals surface area contributed by atoms with E-state index in [-0.39, 0.29) is 49.4 Å². The van der Waals surface area contributed by atoms with Gasteiger partial charge in [0.15, 0.2) is 17.6 Å². The number of hydrogen-bond donors (Lipinski definition) is 7. The van der Waals surface area contributed by atoms with E-state index in [9.17, 15) is 35.1 Å². The molecule has 6 unspecified atom stereocenters. The molecule has 3 aliphatic rings. The van der Waals surface area contributed by atoms with Crippen molar-refractivity contribution in [3.05, 3.63) is 23.5 Å². The van der Waals surface area contributed by atoms with Gasteiger partial charge in [-0.25, -0.2) is 0 Å². The maximum Gasteiger partial charge on any atom is 0.306 e. The lowest BCUT2D eigenvalue weighted by Crippen LogP contribution is -2.62. The average Bonchev–Trinajstić information content (AvgIpc) is 3.73. The van der Waals surface area contributed by atoms with Gasteiger partial charge >= 0.3 is 5.97 Å². The van der Waals surface area contributed by atoms with Crippen LogP contribution < -0.4 is 20.1 Å². The smallest absolute Gasteiger partial charge is 0.306 e. The summed E-state index contributed by atoms with van der Waals surface area (Å²) in [5.74, 6) is -0.394. The quantitative estimate of drug-likeness (QED) is 0.0930. The van der Waals surface area contributed by atoms with Crippen LogP contribution in [0.25, 0.3) is 11.0 Å². The molecule has 2 aromatic rings. The Kier molecular flexibility index (Phi) is 9.99. The highest BCUT2D eigenvalue weighted by Crippen LogP contribution is 2.54. The number of likely N-dealkylation sites (N-methyl/N-ethyl adjacent to an activating group) is 1. The summed E-state index contributed by atoms with van der Waals surface area (Å²) >= 11 is 0. The highest BCUT2D eigenvalue weighted by Gasteiger charge is 2.53. The van der Waals surface area contributed by atoms with Gasteiger partial charge in [0, 0.05) is 36.4 Å². The zero-order valence-corrected chi connectivity index (χ0v) is 24.9. The Hall–Kier alpha value is -2.98. The summed E-state index contributed by atoms with van der Waals surface area (Å²) < 4.78 is 29.0. The lowest BCUT2D eigenvalue weighted by Gasteiger charge is -2.41. The minimum atomic E-state index is -2.19. The molecule has 3 heterocycles. The van der Waals surface area contributed by atoms with Crippen LogP contribution in [-0.4, -0.2) is 108 Å². The summed E-state index contributed by atoms with van der Waals surface area (Å²) in [5, 5.41) is 57.6. The van der Waals surface area contributed by atoms with Crippen LogP contribution in [0.4, 0.5) is 0 Å². The molecule has 1 aromatic heterocycles. The number of carbonyl (C=O) groups excluding carboxylic acids is 2. The number of rotatable bonds is 12. The predicted octanol–water partition coefficient (Wildman–Crippen LogP) is -0.202. The van der Waals surface area contributed by atoms with E-state index < -0.39 is 48.4 Å². The predicted molar refractivity (Wildman–Crippen MR) is 153 cm³/mol. The molecule has 1 amide bonds. The molecule has 14 heteroatoms. The molecule has 5 rings (SSSR count). The maximum atomic E-state index is 13.1. The number of nitrogens with one attached hydrogen (secondary N) is 2. The van der Waals surface area contributed by atoms with Crippen LogP contribution in [0.5, 0.6) is 11.5 Å². The summed E-state index contributed by atoms with van der Waals surface area (Å²) in [4.78, 5) is 25.5. The first kappa shape index (κ1) is 32.4. The van der Waals surface area contributed by atoms with Crippen LogP contribution in [0.2, 0.25) is 0 Å². The summed E-state index contributed by atoms with van der Waals surface area (Å²) in [5.41, 5.74) is 1.05. The summed E-state index contributed by atoms with van der Waals surface area (Å²) in [6, 6.07) is 1.79. The Bertz CT molecular complexity index is 1320. The number of carbonyl (C=O) groups is 2. The van der Waals surface area contributed by atoms with Crippen molar-refractivity contribution in [1.29, 1.82) is 0 Å². The van der Waals surface area contributed by atoms with Gasteiger partial charge in [-0.05, 0) is 44.9 Å². The maximum absolute atomic E-state index is 13.1. The van der Waals surface area contributed by atoms with Gasteiger partial charge < -0.3 is 59.5 Å². The van der Waals surface area contributed by atoms with E-state index in [0.717, 1.165) is 31.2 Å². The van der Waals surface area contributed by atoms with Gasteiger partial charge in [0.05, 0.1) is 18.3 Å². The topological polar surface area (TPSA) is 209 Å². The molecular weight excluding hydrogens is 580 g/mol. The van der Waals surface area contributed by atoms with Crippen LogP contribution in [0.1, 0.15) is 56.1 Å². The van der Waals surface area contributed by atoms with Gasteiger partial charge in [0.25, 0.3) is 0 Å². The van der Waals surface area contributed by atoms with E-state index in [1.807, 2.05) is 0 Å². The monoisotopic (exact) mass is 622 g/mol. The minimum absolute atomic E-state index is 0.0281. The van der Waals surface area contributed by atoms with Crippen molar-refractivity contribution in [2.24, 2.45) is 5.41 Å². The highest BCUT2D eigenvalue weighted by atomic mass is 16.7. The second kappa shape index (κ2) is 13.6. The second-order valence-corrected chi connectivity index (χ2v) is 11.6. The molecule has 1 spiro atoms. The third kappa shape index (κ3) is 5.99. The Morgan fingerprint density at radius 1 is 1.16 bits per heavy atom. The molecule has 1 saturated carbocycles. The number of hydrogen-bond acceptors (Lipinski definition) is 13. The van der Waals surface area contributed by atoms with Crippen molar-refractivity contribution >= 4 is 22.8 Å². The Balaban J connectivity index is 1.61. The van der Waals surface area contributed by atoms with Crippen molar-refractivity contribution in [3.8, 4) is 11.5 Å². The fraction of sp³-hybridized carbons (Fsp3) is 0.667.